The summed E-state index contributed by atoms with van der Waals surface area (Å²) in [6.45, 7) is 0.904. The van der Waals surface area contributed by atoms with Crippen LogP contribution in [0.25, 0.3) is 0 Å². The summed E-state index contributed by atoms with van der Waals surface area (Å²) in [7, 11) is 0. The zero-order valence-corrected chi connectivity index (χ0v) is 20.9. The zero-order valence-electron chi connectivity index (χ0n) is 20.9. The Morgan fingerprint density at radius 2 is 1.19 bits per heavy atom. The number of benzene rings is 4. The van der Waals surface area contributed by atoms with Crippen molar-refractivity contribution in [3.8, 4) is 12.3 Å². The lowest BCUT2D eigenvalue weighted by Crippen LogP contribution is -2.48. The molecule has 4 aromatic carbocycles. The van der Waals surface area contributed by atoms with E-state index < -0.39 is 5.60 Å². The molecule has 0 bridgehead atoms. The summed E-state index contributed by atoms with van der Waals surface area (Å²) in [4.78, 5) is 0. The van der Waals surface area contributed by atoms with Crippen molar-refractivity contribution >= 4 is 0 Å². The van der Waals surface area contributed by atoms with Crippen LogP contribution in [0, 0.1) is 12.3 Å². The highest BCUT2D eigenvalue weighted by Crippen LogP contribution is 2.43. The fourth-order valence-corrected chi connectivity index (χ4v) is 5.09. The van der Waals surface area contributed by atoms with Crippen LogP contribution in [0.1, 0.15) is 35.1 Å². The molecule has 5 rings (SSSR count). The largest absolute Gasteiger partial charge is 0.374 e. The maximum absolute atomic E-state index is 7.27. The van der Waals surface area contributed by atoms with Gasteiger partial charge in [-0.1, -0.05) is 127 Å². The molecule has 0 saturated carbocycles. The highest BCUT2D eigenvalue weighted by Gasteiger charge is 2.43. The Hall–Kier alpha value is -3.68. The molecule has 0 aromatic heterocycles. The van der Waals surface area contributed by atoms with Gasteiger partial charge in [-0.25, -0.2) is 0 Å². The van der Waals surface area contributed by atoms with Crippen molar-refractivity contribution in [3.05, 3.63) is 144 Å². The Morgan fingerprint density at radius 1 is 0.703 bits per heavy atom. The monoisotopic (exact) mass is 488 g/mol. The molecule has 37 heavy (non-hydrogen) atoms. The summed E-state index contributed by atoms with van der Waals surface area (Å²) in [6.07, 6.45) is 6.53. The van der Waals surface area contributed by atoms with Crippen molar-refractivity contribution < 1.29 is 14.2 Å². The normalized spacial score (nSPS) is 19.7. The van der Waals surface area contributed by atoms with E-state index in [4.69, 9.17) is 20.6 Å². The zero-order chi connectivity index (χ0) is 25.3. The Bertz CT molecular complexity index is 1170. The summed E-state index contributed by atoms with van der Waals surface area (Å²) < 4.78 is 19.8. The van der Waals surface area contributed by atoms with Gasteiger partial charge in [0.05, 0.1) is 19.3 Å². The first-order chi connectivity index (χ1) is 18.3. The average Bonchev–Trinajstić information content (AvgIpc) is 2.98. The molecule has 3 heteroatoms. The van der Waals surface area contributed by atoms with Crippen LogP contribution in [0.2, 0.25) is 0 Å². The highest BCUT2D eigenvalue weighted by atomic mass is 16.6. The Labute approximate surface area is 220 Å². The van der Waals surface area contributed by atoms with Crippen LogP contribution in [0.15, 0.2) is 121 Å². The fourth-order valence-electron chi connectivity index (χ4n) is 5.09. The molecule has 0 radical (unpaired) electrons. The van der Waals surface area contributed by atoms with Crippen LogP contribution >= 0.6 is 0 Å². The maximum Gasteiger partial charge on any atom is 0.144 e. The van der Waals surface area contributed by atoms with Crippen molar-refractivity contribution in [2.75, 3.05) is 6.61 Å². The van der Waals surface area contributed by atoms with Gasteiger partial charge in [0.15, 0.2) is 0 Å². The van der Waals surface area contributed by atoms with E-state index >= 15 is 0 Å². The first kappa shape index (κ1) is 25.0. The second-order valence-electron chi connectivity index (χ2n) is 9.34. The maximum atomic E-state index is 7.27. The quantitative estimate of drug-likeness (QED) is 0.192. The van der Waals surface area contributed by atoms with E-state index in [-0.39, 0.29) is 18.3 Å². The molecule has 3 nitrogen and oxygen atoms in total. The molecule has 0 amide bonds. The SMILES string of the molecule is C#CC1CCC(OC(c2ccccc2)(c2ccccc2)c2ccccc2)C(COCc2ccccc2)O1. The predicted octanol–water partition coefficient (Wildman–Crippen LogP) is 6.76. The molecule has 1 saturated heterocycles. The number of terminal acetylenes is 1. The number of hydrogen-bond donors (Lipinski definition) is 0. The number of rotatable bonds is 9. The lowest BCUT2D eigenvalue weighted by atomic mass is 9.79. The Kier molecular flexibility index (Phi) is 8.13. The van der Waals surface area contributed by atoms with E-state index in [2.05, 4.69) is 90.8 Å². The number of ether oxygens (including phenoxy) is 3. The van der Waals surface area contributed by atoms with E-state index in [9.17, 15) is 0 Å². The van der Waals surface area contributed by atoms with Crippen LogP contribution in [-0.2, 0) is 26.4 Å². The van der Waals surface area contributed by atoms with Gasteiger partial charge in [-0.05, 0) is 35.1 Å². The summed E-state index contributed by atoms with van der Waals surface area (Å²) in [5, 5.41) is 0. The second kappa shape index (κ2) is 12.0. The predicted molar refractivity (Wildman–Crippen MR) is 147 cm³/mol. The van der Waals surface area contributed by atoms with Gasteiger partial charge in [0, 0.05) is 0 Å². The van der Waals surface area contributed by atoms with Crippen molar-refractivity contribution in [3.63, 3.8) is 0 Å². The average molecular weight is 489 g/mol. The Balaban J connectivity index is 1.51. The van der Waals surface area contributed by atoms with Gasteiger partial charge in [-0.2, -0.15) is 0 Å². The molecule has 1 aliphatic rings. The summed E-state index contributed by atoms with van der Waals surface area (Å²) in [5.41, 5.74) is 3.50. The molecule has 0 N–H and O–H groups in total. The van der Waals surface area contributed by atoms with Crippen LogP contribution in [0.3, 0.4) is 0 Å². The van der Waals surface area contributed by atoms with Gasteiger partial charge in [0.25, 0.3) is 0 Å². The van der Waals surface area contributed by atoms with Gasteiger partial charge in [0.2, 0.25) is 0 Å². The van der Waals surface area contributed by atoms with Gasteiger partial charge in [0.1, 0.15) is 17.8 Å². The molecule has 4 aromatic rings. The van der Waals surface area contributed by atoms with E-state index in [1.807, 2.05) is 36.4 Å². The van der Waals surface area contributed by atoms with Crippen molar-refractivity contribution in [2.24, 2.45) is 0 Å². The minimum Gasteiger partial charge on any atom is -0.374 e. The minimum atomic E-state index is -0.821. The molecule has 1 aliphatic heterocycles. The van der Waals surface area contributed by atoms with Crippen LogP contribution in [-0.4, -0.2) is 24.9 Å². The van der Waals surface area contributed by atoms with Crippen molar-refractivity contribution in [1.82, 2.24) is 0 Å². The summed E-state index contributed by atoms with van der Waals surface area (Å²) >= 11 is 0. The van der Waals surface area contributed by atoms with E-state index in [1.54, 1.807) is 0 Å². The Morgan fingerprint density at radius 3 is 1.68 bits per heavy atom. The van der Waals surface area contributed by atoms with E-state index in [0.717, 1.165) is 35.1 Å². The molecule has 0 spiro atoms. The first-order valence-electron chi connectivity index (χ1n) is 12.9. The second-order valence-corrected chi connectivity index (χ2v) is 9.34. The highest BCUT2D eigenvalue weighted by molar-refractivity contribution is 5.47. The minimum absolute atomic E-state index is 0.221. The van der Waals surface area contributed by atoms with Crippen LogP contribution in [0.4, 0.5) is 0 Å². The van der Waals surface area contributed by atoms with Crippen molar-refractivity contribution in [2.45, 2.75) is 43.4 Å². The fraction of sp³-hybridized carbons (Fsp3) is 0.235. The van der Waals surface area contributed by atoms with Crippen LogP contribution in [0.5, 0.6) is 0 Å². The molecule has 0 aliphatic carbocycles. The third-order valence-electron chi connectivity index (χ3n) is 6.92. The summed E-state index contributed by atoms with van der Waals surface area (Å²) in [6, 6.07) is 41.4. The molecular formula is C34H32O3. The molecule has 3 unspecified atom stereocenters. The van der Waals surface area contributed by atoms with Gasteiger partial charge in [-0.15, -0.1) is 6.42 Å². The topological polar surface area (TPSA) is 27.7 Å². The van der Waals surface area contributed by atoms with E-state index in [0.29, 0.717) is 13.2 Å². The lowest BCUT2D eigenvalue weighted by molar-refractivity contribution is -0.178. The molecule has 3 atom stereocenters. The van der Waals surface area contributed by atoms with Crippen molar-refractivity contribution in [1.29, 1.82) is 0 Å². The molecule has 1 fully saturated rings. The lowest BCUT2D eigenvalue weighted by Gasteiger charge is -2.43. The first-order valence-corrected chi connectivity index (χ1v) is 12.9. The van der Waals surface area contributed by atoms with Gasteiger partial charge >= 0.3 is 0 Å². The van der Waals surface area contributed by atoms with E-state index in [1.165, 1.54) is 0 Å². The summed E-state index contributed by atoms with van der Waals surface area (Å²) in [5.74, 6) is 2.79. The third-order valence-corrected chi connectivity index (χ3v) is 6.92. The van der Waals surface area contributed by atoms with Gasteiger partial charge < -0.3 is 14.2 Å². The van der Waals surface area contributed by atoms with Gasteiger partial charge in [-0.3, -0.25) is 0 Å². The smallest absolute Gasteiger partial charge is 0.144 e. The molecular weight excluding hydrogens is 456 g/mol. The standard InChI is InChI=1S/C34H32O3/c1-2-31-23-24-32(33(36-31)26-35-25-27-15-7-3-8-16-27)37-34(28-17-9-4-10-18-28,29-19-11-5-12-20-29)30-21-13-6-14-22-30/h1,3-22,31-33H,23-26H2. The van der Waals surface area contributed by atoms with Crippen LogP contribution < -0.4 is 0 Å². The number of hydrogen-bond acceptors (Lipinski definition) is 3. The third kappa shape index (κ3) is 5.68. The molecule has 1 heterocycles. The molecule has 186 valence electrons.